The molecule has 6 heteroatoms. The maximum atomic E-state index is 13.9. The molecule has 96 valence electrons. The van der Waals surface area contributed by atoms with Gasteiger partial charge in [-0.2, -0.15) is 0 Å². The summed E-state index contributed by atoms with van der Waals surface area (Å²) in [5.41, 5.74) is 0.355. The fourth-order valence-electron chi connectivity index (χ4n) is 1.83. The number of aromatic nitrogens is 2. The molecule has 3 aromatic rings. The van der Waals surface area contributed by atoms with Crippen LogP contribution in [0.5, 0.6) is 0 Å². The van der Waals surface area contributed by atoms with Crippen LogP contribution in [0, 0.1) is 17.5 Å². The fourth-order valence-corrected chi connectivity index (χ4v) is 2.20. The maximum absolute atomic E-state index is 13.9. The topological polar surface area (TPSA) is 28.7 Å². The van der Waals surface area contributed by atoms with Crippen molar-refractivity contribution in [3.63, 3.8) is 0 Å². The zero-order chi connectivity index (χ0) is 13.6. The molecule has 0 spiro atoms. The molecule has 0 aliphatic rings. The van der Waals surface area contributed by atoms with Gasteiger partial charge in [-0.05, 0) is 40.2 Å². The first kappa shape index (κ1) is 12.2. The molecule has 0 saturated heterocycles. The molecule has 1 N–H and O–H groups in total. The summed E-state index contributed by atoms with van der Waals surface area (Å²) in [5.74, 6) is -2.39. The van der Waals surface area contributed by atoms with E-state index < -0.39 is 17.5 Å². The van der Waals surface area contributed by atoms with Crippen LogP contribution in [0.25, 0.3) is 22.4 Å². The number of rotatable bonds is 1. The van der Waals surface area contributed by atoms with Gasteiger partial charge in [0.15, 0.2) is 11.6 Å². The van der Waals surface area contributed by atoms with Crippen LogP contribution in [0.15, 0.2) is 34.8 Å². The van der Waals surface area contributed by atoms with Gasteiger partial charge in [0.1, 0.15) is 17.2 Å². The van der Waals surface area contributed by atoms with Crippen molar-refractivity contribution in [1.29, 1.82) is 0 Å². The molecule has 0 bridgehead atoms. The van der Waals surface area contributed by atoms with Gasteiger partial charge in [-0.25, -0.2) is 18.2 Å². The van der Waals surface area contributed by atoms with Crippen molar-refractivity contribution < 1.29 is 13.2 Å². The number of aromatic amines is 1. The van der Waals surface area contributed by atoms with Crippen LogP contribution >= 0.6 is 15.9 Å². The molecule has 0 fully saturated rings. The Bertz CT molecular complexity index is 783. The predicted octanol–water partition coefficient (Wildman–Crippen LogP) is 4.41. The van der Waals surface area contributed by atoms with E-state index in [2.05, 4.69) is 25.9 Å². The van der Waals surface area contributed by atoms with E-state index in [1.807, 2.05) is 0 Å². The van der Waals surface area contributed by atoms with E-state index in [1.54, 1.807) is 12.1 Å². The largest absolute Gasteiger partial charge is 0.338 e. The molecule has 2 aromatic carbocycles. The Hall–Kier alpha value is -1.82. The molecule has 0 unspecified atom stereocenters. The molecular weight excluding hydrogens is 321 g/mol. The Morgan fingerprint density at radius 1 is 1.00 bits per heavy atom. The van der Waals surface area contributed by atoms with Gasteiger partial charge in [0, 0.05) is 0 Å². The molecule has 1 aromatic heterocycles. The third-order valence-corrected chi connectivity index (χ3v) is 3.36. The van der Waals surface area contributed by atoms with Crippen molar-refractivity contribution in [1.82, 2.24) is 9.97 Å². The zero-order valence-corrected chi connectivity index (χ0v) is 10.9. The summed E-state index contributed by atoms with van der Waals surface area (Å²) in [4.78, 5) is 6.68. The van der Waals surface area contributed by atoms with Gasteiger partial charge in [-0.3, -0.25) is 0 Å². The van der Waals surface area contributed by atoms with Crippen molar-refractivity contribution in [2.24, 2.45) is 0 Å². The van der Waals surface area contributed by atoms with Crippen molar-refractivity contribution in [2.75, 3.05) is 0 Å². The maximum Gasteiger partial charge on any atom is 0.186 e. The lowest BCUT2D eigenvalue weighted by Gasteiger charge is -2.00. The molecule has 1 heterocycles. The summed E-state index contributed by atoms with van der Waals surface area (Å²) in [7, 11) is 0. The number of nitrogens with one attached hydrogen (secondary N) is 1. The Kier molecular flexibility index (Phi) is 2.82. The standard InChI is InChI=1S/C13H6BrF3N2/c14-7-3-1-2-6(10(7)16)13-18-9-5-4-8(15)11(17)12(9)19-13/h1-5H,(H,18,19). The molecule has 19 heavy (non-hydrogen) atoms. The molecule has 0 saturated carbocycles. The van der Waals surface area contributed by atoms with Crippen molar-refractivity contribution in [2.45, 2.75) is 0 Å². The van der Waals surface area contributed by atoms with Crippen LogP contribution < -0.4 is 0 Å². The number of hydrogen-bond acceptors (Lipinski definition) is 1. The van der Waals surface area contributed by atoms with E-state index in [-0.39, 0.29) is 21.4 Å². The minimum atomic E-state index is -1.05. The fraction of sp³-hybridized carbons (Fsp3) is 0. The molecule has 0 radical (unpaired) electrons. The molecular formula is C13H6BrF3N2. The highest BCUT2D eigenvalue weighted by Crippen LogP contribution is 2.28. The summed E-state index contributed by atoms with van der Waals surface area (Å²) >= 11 is 3.06. The number of benzene rings is 2. The first-order chi connectivity index (χ1) is 9.08. The van der Waals surface area contributed by atoms with Crippen LogP contribution in [0.4, 0.5) is 13.2 Å². The lowest BCUT2D eigenvalue weighted by Crippen LogP contribution is -1.87. The van der Waals surface area contributed by atoms with Crippen molar-refractivity contribution in [3.05, 3.63) is 52.3 Å². The van der Waals surface area contributed by atoms with E-state index in [9.17, 15) is 13.2 Å². The second-order valence-electron chi connectivity index (χ2n) is 3.94. The Morgan fingerprint density at radius 2 is 1.79 bits per heavy atom. The average Bonchev–Trinajstić information content (AvgIpc) is 2.82. The monoisotopic (exact) mass is 326 g/mol. The number of hydrogen-bond donors (Lipinski definition) is 1. The quantitative estimate of drug-likeness (QED) is 0.705. The molecule has 0 aliphatic carbocycles. The Labute approximate surface area is 114 Å². The summed E-state index contributed by atoms with van der Waals surface area (Å²) < 4.78 is 40.8. The average molecular weight is 327 g/mol. The molecule has 3 rings (SSSR count). The van der Waals surface area contributed by atoms with Crippen molar-refractivity contribution in [3.8, 4) is 11.4 Å². The molecule has 0 aliphatic heterocycles. The van der Waals surface area contributed by atoms with Gasteiger partial charge in [0.25, 0.3) is 0 Å². The highest BCUT2D eigenvalue weighted by Gasteiger charge is 2.15. The highest BCUT2D eigenvalue weighted by atomic mass is 79.9. The SMILES string of the molecule is Fc1ccc2[nH]c(-c3cccc(Br)c3F)nc2c1F. The van der Waals surface area contributed by atoms with E-state index in [1.165, 1.54) is 12.1 Å². The van der Waals surface area contributed by atoms with Crippen LogP contribution in [-0.2, 0) is 0 Å². The van der Waals surface area contributed by atoms with E-state index in [0.29, 0.717) is 5.52 Å². The summed E-state index contributed by atoms with van der Waals surface area (Å²) in [6.07, 6.45) is 0. The van der Waals surface area contributed by atoms with Gasteiger partial charge in [0.05, 0.1) is 15.6 Å². The van der Waals surface area contributed by atoms with E-state index >= 15 is 0 Å². The van der Waals surface area contributed by atoms with Crippen LogP contribution in [0.2, 0.25) is 0 Å². The number of fused-ring (bicyclic) bond motifs is 1. The van der Waals surface area contributed by atoms with Gasteiger partial charge in [-0.1, -0.05) is 6.07 Å². The number of imidazole rings is 1. The van der Waals surface area contributed by atoms with E-state index in [0.717, 1.165) is 6.07 Å². The molecule has 2 nitrogen and oxygen atoms in total. The summed E-state index contributed by atoms with van der Waals surface area (Å²) in [6.45, 7) is 0. The minimum Gasteiger partial charge on any atom is -0.338 e. The molecule has 0 atom stereocenters. The first-order valence-electron chi connectivity index (χ1n) is 5.36. The summed E-state index contributed by atoms with van der Waals surface area (Å²) in [5, 5.41) is 0. The lowest BCUT2D eigenvalue weighted by atomic mass is 10.2. The minimum absolute atomic E-state index is 0.144. The van der Waals surface area contributed by atoms with Gasteiger partial charge < -0.3 is 4.98 Å². The molecule has 0 amide bonds. The third-order valence-electron chi connectivity index (χ3n) is 2.75. The normalized spacial score (nSPS) is 11.2. The second-order valence-corrected chi connectivity index (χ2v) is 4.80. The Balaban J connectivity index is 2.27. The van der Waals surface area contributed by atoms with Gasteiger partial charge in [-0.15, -0.1) is 0 Å². The first-order valence-corrected chi connectivity index (χ1v) is 6.15. The second kappa shape index (κ2) is 4.38. The smallest absolute Gasteiger partial charge is 0.186 e. The van der Waals surface area contributed by atoms with Crippen LogP contribution in [0.1, 0.15) is 0 Å². The number of nitrogens with zero attached hydrogens (tertiary/aromatic N) is 1. The lowest BCUT2D eigenvalue weighted by molar-refractivity contribution is 0.515. The number of halogens is 4. The van der Waals surface area contributed by atoms with Crippen LogP contribution in [-0.4, -0.2) is 9.97 Å². The Morgan fingerprint density at radius 3 is 2.58 bits per heavy atom. The van der Waals surface area contributed by atoms with E-state index in [4.69, 9.17) is 0 Å². The summed E-state index contributed by atoms with van der Waals surface area (Å²) in [6, 6.07) is 7.04. The van der Waals surface area contributed by atoms with Crippen LogP contribution in [0.3, 0.4) is 0 Å². The predicted molar refractivity (Wildman–Crippen MR) is 69.1 cm³/mol. The number of H-pyrrole nitrogens is 1. The highest BCUT2D eigenvalue weighted by molar-refractivity contribution is 9.10. The third kappa shape index (κ3) is 1.92. The zero-order valence-electron chi connectivity index (χ0n) is 9.35. The van der Waals surface area contributed by atoms with Gasteiger partial charge >= 0.3 is 0 Å². The van der Waals surface area contributed by atoms with Gasteiger partial charge in [0.2, 0.25) is 0 Å². The van der Waals surface area contributed by atoms with Crippen molar-refractivity contribution >= 4 is 27.0 Å².